The minimum Gasteiger partial charge on any atom is -0.507 e. The van der Waals surface area contributed by atoms with Crippen molar-refractivity contribution in [2.24, 2.45) is 0 Å². The predicted octanol–water partition coefficient (Wildman–Crippen LogP) is 5.47. The summed E-state index contributed by atoms with van der Waals surface area (Å²) in [5.74, 6) is -1.21. The lowest BCUT2D eigenvalue weighted by Crippen LogP contribution is -2.29. The smallest absolute Gasteiger partial charge is 0.301 e. The van der Waals surface area contributed by atoms with Crippen molar-refractivity contribution in [2.75, 3.05) is 18.6 Å². The Bertz CT molecular complexity index is 1500. The van der Waals surface area contributed by atoms with Gasteiger partial charge in [0.2, 0.25) is 0 Å². The van der Waals surface area contributed by atoms with Gasteiger partial charge in [0.05, 0.1) is 35.5 Å². The second kappa shape index (κ2) is 9.43. The van der Waals surface area contributed by atoms with Gasteiger partial charge >= 0.3 is 5.91 Å². The molecule has 7 nitrogen and oxygen atoms in total. The molecular formula is C27H21FN2O5S. The van der Waals surface area contributed by atoms with Gasteiger partial charge in [0.15, 0.2) is 5.13 Å². The van der Waals surface area contributed by atoms with Crippen LogP contribution in [0.4, 0.5) is 9.52 Å². The Morgan fingerprint density at radius 3 is 2.42 bits per heavy atom. The Labute approximate surface area is 210 Å². The quantitative estimate of drug-likeness (QED) is 0.213. The number of anilines is 1. The van der Waals surface area contributed by atoms with Crippen molar-refractivity contribution in [3.8, 4) is 11.5 Å². The summed E-state index contributed by atoms with van der Waals surface area (Å²) in [5.41, 5.74) is 1.37. The van der Waals surface area contributed by atoms with Crippen LogP contribution in [0.2, 0.25) is 0 Å². The van der Waals surface area contributed by atoms with Gasteiger partial charge in [0, 0.05) is 5.56 Å². The zero-order valence-electron chi connectivity index (χ0n) is 19.4. The van der Waals surface area contributed by atoms with Crippen molar-refractivity contribution in [1.29, 1.82) is 0 Å². The number of fused-ring (bicyclic) bond motifs is 1. The number of thiazole rings is 1. The summed E-state index contributed by atoms with van der Waals surface area (Å²) in [6, 6.07) is 16.7. The summed E-state index contributed by atoms with van der Waals surface area (Å²) < 4.78 is 25.0. The number of Topliss-reactive ketones (excluding diaryl/α,β-unsaturated/α-hetero) is 1. The van der Waals surface area contributed by atoms with Gasteiger partial charge in [-0.05, 0) is 67.1 Å². The molecule has 1 amide bonds. The summed E-state index contributed by atoms with van der Waals surface area (Å²) >= 11 is 1.09. The number of amides is 1. The van der Waals surface area contributed by atoms with Crippen LogP contribution < -0.4 is 14.4 Å². The molecule has 1 saturated heterocycles. The molecule has 9 heteroatoms. The number of methoxy groups -OCH3 is 1. The summed E-state index contributed by atoms with van der Waals surface area (Å²) in [7, 11) is 1.52. The lowest BCUT2D eigenvalue weighted by atomic mass is 9.95. The number of ether oxygens (including phenoxy) is 2. The third kappa shape index (κ3) is 4.07. The van der Waals surface area contributed by atoms with Crippen LogP contribution in [0.1, 0.15) is 24.1 Å². The molecule has 182 valence electrons. The van der Waals surface area contributed by atoms with E-state index in [1.807, 2.05) is 6.92 Å². The largest absolute Gasteiger partial charge is 0.507 e. The molecule has 0 unspecified atom stereocenters. The first-order valence-electron chi connectivity index (χ1n) is 11.2. The average molecular weight is 505 g/mol. The van der Waals surface area contributed by atoms with E-state index in [9.17, 15) is 19.1 Å². The molecule has 0 bridgehead atoms. The number of benzene rings is 3. The third-order valence-electron chi connectivity index (χ3n) is 5.86. The third-order valence-corrected chi connectivity index (χ3v) is 6.88. The number of carbonyl (C=O) groups is 2. The van der Waals surface area contributed by atoms with Gasteiger partial charge in [-0.1, -0.05) is 23.5 Å². The fraction of sp³-hybridized carbons (Fsp3) is 0.148. The zero-order chi connectivity index (χ0) is 25.4. The molecule has 1 atom stereocenters. The van der Waals surface area contributed by atoms with Crippen LogP contribution in [0.5, 0.6) is 11.5 Å². The number of ketones is 1. The zero-order valence-corrected chi connectivity index (χ0v) is 20.2. The van der Waals surface area contributed by atoms with Crippen LogP contribution in [0.3, 0.4) is 0 Å². The van der Waals surface area contributed by atoms with Crippen LogP contribution in [0, 0.1) is 5.82 Å². The summed E-state index contributed by atoms with van der Waals surface area (Å²) in [6.45, 7) is 2.35. The Morgan fingerprint density at radius 2 is 1.75 bits per heavy atom. The van der Waals surface area contributed by atoms with Crippen molar-refractivity contribution < 1.29 is 28.6 Å². The number of rotatable bonds is 6. The summed E-state index contributed by atoms with van der Waals surface area (Å²) in [5, 5.41) is 11.5. The van der Waals surface area contributed by atoms with Crippen molar-refractivity contribution in [1.82, 2.24) is 4.98 Å². The molecule has 1 fully saturated rings. The molecule has 0 radical (unpaired) electrons. The molecule has 4 aromatic rings. The first kappa shape index (κ1) is 23.5. The van der Waals surface area contributed by atoms with E-state index >= 15 is 0 Å². The predicted molar refractivity (Wildman–Crippen MR) is 135 cm³/mol. The van der Waals surface area contributed by atoms with Gasteiger partial charge in [0.1, 0.15) is 23.1 Å². The standard InChI is InChI=1S/C27H21FN2O5S/c1-3-35-19-11-4-15(5-12-19)23-22(24(31)16-6-9-18(34-2)10-7-16)25(32)26(33)30(23)27-29-20-13-8-17(28)14-21(20)36-27/h4-14,23,31H,3H2,1-2H3/b24-22+/t23-/m0/s1. The van der Waals surface area contributed by atoms with Crippen LogP contribution in [0.25, 0.3) is 16.0 Å². The first-order chi connectivity index (χ1) is 17.4. The monoisotopic (exact) mass is 504 g/mol. The molecule has 36 heavy (non-hydrogen) atoms. The number of nitrogens with zero attached hydrogens (tertiary/aromatic N) is 2. The molecular weight excluding hydrogens is 483 g/mol. The molecule has 0 spiro atoms. The van der Waals surface area contributed by atoms with E-state index < -0.39 is 23.5 Å². The first-order valence-corrected chi connectivity index (χ1v) is 12.0. The minimum absolute atomic E-state index is 0.0697. The maximum atomic E-state index is 13.8. The summed E-state index contributed by atoms with van der Waals surface area (Å²) in [6.07, 6.45) is 0. The van der Waals surface area contributed by atoms with E-state index in [4.69, 9.17) is 9.47 Å². The number of halogens is 1. The van der Waals surface area contributed by atoms with Gasteiger partial charge in [-0.25, -0.2) is 9.37 Å². The second-order valence-electron chi connectivity index (χ2n) is 8.01. The van der Waals surface area contributed by atoms with Crippen molar-refractivity contribution in [2.45, 2.75) is 13.0 Å². The molecule has 1 N–H and O–H groups in total. The van der Waals surface area contributed by atoms with Gasteiger partial charge in [-0.2, -0.15) is 0 Å². The highest BCUT2D eigenvalue weighted by molar-refractivity contribution is 7.22. The highest BCUT2D eigenvalue weighted by Crippen LogP contribution is 2.44. The number of carbonyl (C=O) groups excluding carboxylic acids is 2. The van der Waals surface area contributed by atoms with Crippen LogP contribution in [-0.4, -0.2) is 35.5 Å². The van der Waals surface area contributed by atoms with Crippen LogP contribution >= 0.6 is 11.3 Å². The van der Waals surface area contributed by atoms with Gasteiger partial charge in [-0.3, -0.25) is 14.5 Å². The van der Waals surface area contributed by atoms with Crippen molar-refractivity contribution in [3.63, 3.8) is 0 Å². The van der Waals surface area contributed by atoms with E-state index in [2.05, 4.69) is 4.98 Å². The topological polar surface area (TPSA) is 89.0 Å². The normalized spacial score (nSPS) is 17.1. The molecule has 0 saturated carbocycles. The Morgan fingerprint density at radius 1 is 1.06 bits per heavy atom. The fourth-order valence-electron chi connectivity index (χ4n) is 4.15. The molecule has 3 aromatic carbocycles. The lowest BCUT2D eigenvalue weighted by Gasteiger charge is -2.23. The van der Waals surface area contributed by atoms with Crippen LogP contribution in [0.15, 0.2) is 72.3 Å². The molecule has 2 heterocycles. The molecule has 0 aliphatic carbocycles. The van der Waals surface area contributed by atoms with Gasteiger partial charge < -0.3 is 14.6 Å². The molecule has 1 aliphatic heterocycles. The molecule has 1 aliphatic rings. The van der Waals surface area contributed by atoms with Gasteiger partial charge in [-0.15, -0.1) is 0 Å². The highest BCUT2D eigenvalue weighted by atomic mass is 32.1. The Kier molecular flexibility index (Phi) is 6.15. The Hall–Kier alpha value is -4.24. The lowest BCUT2D eigenvalue weighted by molar-refractivity contribution is -0.132. The second-order valence-corrected chi connectivity index (χ2v) is 9.02. The summed E-state index contributed by atoms with van der Waals surface area (Å²) in [4.78, 5) is 32.4. The van der Waals surface area contributed by atoms with Crippen molar-refractivity contribution >= 4 is 44.1 Å². The average Bonchev–Trinajstić information content (AvgIpc) is 3.42. The van der Waals surface area contributed by atoms with E-state index in [0.29, 0.717) is 39.4 Å². The maximum Gasteiger partial charge on any atom is 0.301 e. The molecule has 5 rings (SSSR count). The number of aliphatic hydroxyl groups excluding tert-OH is 1. The highest BCUT2D eigenvalue weighted by Gasteiger charge is 2.48. The maximum absolute atomic E-state index is 13.8. The number of aromatic nitrogens is 1. The Balaban J connectivity index is 1.68. The van der Waals surface area contributed by atoms with Crippen LogP contribution in [-0.2, 0) is 9.59 Å². The van der Waals surface area contributed by atoms with E-state index in [-0.39, 0.29) is 16.5 Å². The minimum atomic E-state index is -0.951. The van der Waals surface area contributed by atoms with E-state index in [0.717, 1.165) is 11.3 Å². The number of hydrogen-bond donors (Lipinski definition) is 1. The number of aliphatic hydroxyl groups is 1. The molecule has 1 aromatic heterocycles. The number of hydrogen-bond acceptors (Lipinski definition) is 7. The van der Waals surface area contributed by atoms with Crippen molar-refractivity contribution in [3.05, 3.63) is 89.2 Å². The fourth-order valence-corrected chi connectivity index (χ4v) is 5.17. The van der Waals surface area contributed by atoms with Gasteiger partial charge in [0.25, 0.3) is 5.78 Å². The van der Waals surface area contributed by atoms with E-state index in [1.54, 1.807) is 48.5 Å². The van der Waals surface area contributed by atoms with E-state index in [1.165, 1.54) is 30.2 Å². The SMILES string of the molecule is CCOc1ccc([C@H]2/C(=C(\O)c3ccc(OC)cc3)C(=O)C(=O)N2c2nc3ccc(F)cc3s2)cc1.